The summed E-state index contributed by atoms with van der Waals surface area (Å²) in [6.45, 7) is 6.99. The Hall–Kier alpha value is -1.40. The van der Waals surface area contributed by atoms with Crippen LogP contribution in [0.25, 0.3) is 0 Å². The minimum absolute atomic E-state index is 0.0111. The van der Waals surface area contributed by atoms with Crippen LogP contribution in [0, 0.1) is 6.92 Å². The maximum atomic E-state index is 11.7. The first-order chi connectivity index (χ1) is 9.74. The molecule has 0 radical (unpaired) electrons. The van der Waals surface area contributed by atoms with Crippen molar-refractivity contribution in [2.45, 2.75) is 32.6 Å². The molecular weight excluding hydrogens is 258 g/mol. The SMILES string of the molecule is Cc1cc(NC(=O)CCCCC[NH+]2CCOCC2)no1. The van der Waals surface area contributed by atoms with Crippen molar-refractivity contribution in [2.75, 3.05) is 38.2 Å². The second kappa shape index (κ2) is 8.01. The Balaban J connectivity index is 1.51. The summed E-state index contributed by atoms with van der Waals surface area (Å²) >= 11 is 0. The highest BCUT2D eigenvalue weighted by molar-refractivity contribution is 5.89. The van der Waals surface area contributed by atoms with E-state index in [1.54, 1.807) is 17.9 Å². The number of nitrogens with zero attached hydrogens (tertiary/aromatic N) is 1. The number of anilines is 1. The second-order valence-electron chi connectivity index (χ2n) is 5.29. The summed E-state index contributed by atoms with van der Waals surface area (Å²) in [5, 5.41) is 6.48. The van der Waals surface area contributed by atoms with E-state index in [4.69, 9.17) is 9.26 Å². The van der Waals surface area contributed by atoms with Crippen LogP contribution >= 0.6 is 0 Å². The Morgan fingerprint density at radius 2 is 2.15 bits per heavy atom. The highest BCUT2D eigenvalue weighted by Crippen LogP contribution is 2.08. The van der Waals surface area contributed by atoms with E-state index in [0.717, 1.165) is 39.1 Å². The van der Waals surface area contributed by atoms with E-state index in [1.807, 2.05) is 0 Å². The predicted molar refractivity (Wildman–Crippen MR) is 74.7 cm³/mol. The van der Waals surface area contributed by atoms with Gasteiger partial charge >= 0.3 is 0 Å². The quantitative estimate of drug-likeness (QED) is 0.710. The fourth-order valence-electron chi connectivity index (χ4n) is 2.38. The van der Waals surface area contributed by atoms with Gasteiger partial charge in [0.05, 0.1) is 19.8 Å². The van der Waals surface area contributed by atoms with Crippen LogP contribution in [0.15, 0.2) is 10.6 Å². The third-order valence-electron chi connectivity index (χ3n) is 3.53. The van der Waals surface area contributed by atoms with Gasteiger partial charge in [-0.15, -0.1) is 0 Å². The summed E-state index contributed by atoms with van der Waals surface area (Å²) in [6, 6.07) is 1.72. The van der Waals surface area contributed by atoms with Crippen molar-refractivity contribution in [3.8, 4) is 0 Å². The first-order valence-electron chi connectivity index (χ1n) is 7.38. The summed E-state index contributed by atoms with van der Waals surface area (Å²) in [5.41, 5.74) is 0. The van der Waals surface area contributed by atoms with Crippen LogP contribution in [0.2, 0.25) is 0 Å². The molecule has 0 unspecified atom stereocenters. The normalized spacial score (nSPS) is 16.2. The monoisotopic (exact) mass is 282 g/mol. The zero-order chi connectivity index (χ0) is 14.2. The third-order valence-corrected chi connectivity index (χ3v) is 3.53. The average molecular weight is 282 g/mol. The number of aromatic nitrogens is 1. The molecule has 1 saturated heterocycles. The van der Waals surface area contributed by atoms with Gasteiger partial charge in [-0.1, -0.05) is 5.16 Å². The maximum Gasteiger partial charge on any atom is 0.225 e. The molecule has 112 valence electrons. The van der Waals surface area contributed by atoms with Gasteiger partial charge in [-0.25, -0.2) is 0 Å². The number of carbonyl (C=O) groups is 1. The van der Waals surface area contributed by atoms with Crippen molar-refractivity contribution < 1.29 is 19.0 Å². The molecule has 6 heteroatoms. The molecule has 1 aromatic rings. The number of rotatable bonds is 7. The van der Waals surface area contributed by atoms with Crippen molar-refractivity contribution in [3.05, 3.63) is 11.8 Å². The number of aryl methyl sites for hydroxylation is 1. The molecule has 1 aliphatic heterocycles. The lowest BCUT2D eigenvalue weighted by Crippen LogP contribution is -3.14. The van der Waals surface area contributed by atoms with Gasteiger partial charge in [0, 0.05) is 12.5 Å². The Morgan fingerprint density at radius 1 is 1.35 bits per heavy atom. The zero-order valence-electron chi connectivity index (χ0n) is 12.1. The van der Waals surface area contributed by atoms with Gasteiger partial charge in [0.15, 0.2) is 5.82 Å². The number of unbranched alkanes of at least 4 members (excludes halogenated alkanes) is 2. The van der Waals surface area contributed by atoms with Gasteiger partial charge in [0.1, 0.15) is 18.8 Å². The smallest absolute Gasteiger partial charge is 0.225 e. The highest BCUT2D eigenvalue weighted by atomic mass is 16.5. The Kier molecular flexibility index (Phi) is 6.01. The Labute approximate surface area is 119 Å². The Bertz CT molecular complexity index is 414. The molecule has 2 N–H and O–H groups in total. The van der Waals surface area contributed by atoms with Gasteiger partial charge in [-0.05, 0) is 26.2 Å². The molecule has 0 saturated carbocycles. The number of carbonyl (C=O) groups excluding carboxylic acids is 1. The average Bonchev–Trinajstić information content (AvgIpc) is 2.85. The van der Waals surface area contributed by atoms with E-state index in [2.05, 4.69) is 10.5 Å². The molecule has 1 fully saturated rings. The fourth-order valence-corrected chi connectivity index (χ4v) is 2.38. The lowest BCUT2D eigenvalue weighted by Gasteiger charge is -2.23. The standard InChI is InChI=1S/C14H23N3O3/c1-12-11-13(16-20-12)15-14(18)5-3-2-4-6-17-7-9-19-10-8-17/h11H,2-10H2,1H3,(H,15,16,18)/p+1. The number of ether oxygens (including phenoxy) is 1. The molecule has 0 aromatic carbocycles. The topological polar surface area (TPSA) is 68.8 Å². The van der Waals surface area contributed by atoms with Gasteiger partial charge in [0.2, 0.25) is 5.91 Å². The number of hydrogen-bond donors (Lipinski definition) is 2. The molecule has 1 amide bonds. The van der Waals surface area contributed by atoms with Crippen LogP contribution in [0.4, 0.5) is 5.82 Å². The lowest BCUT2D eigenvalue weighted by molar-refractivity contribution is -0.908. The van der Waals surface area contributed by atoms with Crippen molar-refractivity contribution in [3.63, 3.8) is 0 Å². The minimum atomic E-state index is 0.0111. The molecule has 0 atom stereocenters. The summed E-state index contributed by atoms with van der Waals surface area (Å²) in [4.78, 5) is 13.3. The minimum Gasteiger partial charge on any atom is -0.370 e. The van der Waals surface area contributed by atoms with Gasteiger partial charge in [-0.3, -0.25) is 4.79 Å². The molecule has 0 bridgehead atoms. The molecule has 20 heavy (non-hydrogen) atoms. The summed E-state index contributed by atoms with van der Waals surface area (Å²) < 4.78 is 10.2. The highest BCUT2D eigenvalue weighted by Gasteiger charge is 2.12. The van der Waals surface area contributed by atoms with Crippen molar-refractivity contribution in [2.24, 2.45) is 0 Å². The fraction of sp³-hybridized carbons (Fsp3) is 0.714. The van der Waals surface area contributed by atoms with E-state index < -0.39 is 0 Å². The number of nitrogens with one attached hydrogen (secondary N) is 2. The predicted octanol–water partition coefficient (Wildman–Crippen LogP) is 0.397. The van der Waals surface area contributed by atoms with Gasteiger partial charge in [-0.2, -0.15) is 0 Å². The molecule has 6 nitrogen and oxygen atoms in total. The van der Waals surface area contributed by atoms with Crippen LogP contribution in [0.1, 0.15) is 31.4 Å². The van der Waals surface area contributed by atoms with E-state index in [-0.39, 0.29) is 5.91 Å². The number of amides is 1. The van der Waals surface area contributed by atoms with Crippen LogP contribution in [0.5, 0.6) is 0 Å². The van der Waals surface area contributed by atoms with Crippen LogP contribution in [0.3, 0.4) is 0 Å². The van der Waals surface area contributed by atoms with Crippen LogP contribution in [-0.2, 0) is 9.53 Å². The van der Waals surface area contributed by atoms with Gasteiger partial charge < -0.3 is 19.5 Å². The number of morpholine rings is 1. The van der Waals surface area contributed by atoms with Crippen LogP contribution < -0.4 is 10.2 Å². The van der Waals surface area contributed by atoms with E-state index in [0.29, 0.717) is 18.0 Å². The van der Waals surface area contributed by atoms with E-state index in [1.165, 1.54) is 13.0 Å². The summed E-state index contributed by atoms with van der Waals surface area (Å²) in [7, 11) is 0. The van der Waals surface area contributed by atoms with Crippen molar-refractivity contribution in [1.29, 1.82) is 0 Å². The second-order valence-corrected chi connectivity index (χ2v) is 5.29. The summed E-state index contributed by atoms with van der Waals surface area (Å²) in [5.74, 6) is 1.22. The van der Waals surface area contributed by atoms with Crippen LogP contribution in [-0.4, -0.2) is 43.9 Å². The first kappa shape index (κ1) is 15.0. The molecule has 2 rings (SSSR count). The zero-order valence-corrected chi connectivity index (χ0v) is 12.1. The molecule has 0 spiro atoms. The van der Waals surface area contributed by atoms with Crippen molar-refractivity contribution in [1.82, 2.24) is 5.16 Å². The van der Waals surface area contributed by atoms with E-state index in [9.17, 15) is 4.79 Å². The van der Waals surface area contributed by atoms with E-state index >= 15 is 0 Å². The maximum absolute atomic E-state index is 11.7. The summed E-state index contributed by atoms with van der Waals surface area (Å²) in [6.07, 6.45) is 3.73. The van der Waals surface area contributed by atoms with Crippen molar-refractivity contribution >= 4 is 11.7 Å². The molecular formula is C14H24N3O3+. The molecule has 1 aliphatic rings. The number of quaternary nitrogens is 1. The first-order valence-corrected chi connectivity index (χ1v) is 7.38. The van der Waals surface area contributed by atoms with Gasteiger partial charge in [0.25, 0.3) is 0 Å². The number of hydrogen-bond acceptors (Lipinski definition) is 4. The third kappa shape index (κ3) is 5.30. The Morgan fingerprint density at radius 3 is 2.85 bits per heavy atom. The largest absolute Gasteiger partial charge is 0.370 e. The molecule has 2 heterocycles. The lowest BCUT2D eigenvalue weighted by atomic mass is 10.2. The molecule has 1 aromatic heterocycles. The molecule has 0 aliphatic carbocycles.